The van der Waals surface area contributed by atoms with Gasteiger partial charge in [0.25, 0.3) is 5.91 Å². The van der Waals surface area contributed by atoms with E-state index in [2.05, 4.69) is 4.99 Å². The number of amidine groups is 1. The lowest BCUT2D eigenvalue weighted by molar-refractivity contribution is -0.132. The summed E-state index contributed by atoms with van der Waals surface area (Å²) in [6.45, 7) is 2.18. The number of carbonyl (C=O) groups excluding carboxylic acids is 2. The SMILES string of the molecule is O=C(CSC1=NC(=Cc2ccccc2)C(=O)N1c1ccc(F)cc1)N1CCOCC1. The van der Waals surface area contributed by atoms with Crippen molar-refractivity contribution >= 4 is 40.5 Å². The highest BCUT2D eigenvalue weighted by Gasteiger charge is 2.32. The van der Waals surface area contributed by atoms with Gasteiger partial charge in [-0.2, -0.15) is 0 Å². The minimum absolute atomic E-state index is 0.0296. The van der Waals surface area contributed by atoms with Gasteiger partial charge in [-0.25, -0.2) is 9.38 Å². The molecule has 2 aliphatic heterocycles. The fraction of sp³-hybridized carbons (Fsp3) is 0.227. The van der Waals surface area contributed by atoms with Crippen LogP contribution in [0.4, 0.5) is 10.1 Å². The maximum absolute atomic E-state index is 13.4. The summed E-state index contributed by atoms with van der Waals surface area (Å²) in [5, 5.41) is 0.399. The van der Waals surface area contributed by atoms with Gasteiger partial charge >= 0.3 is 0 Å². The summed E-state index contributed by atoms with van der Waals surface area (Å²) in [6, 6.07) is 15.1. The van der Waals surface area contributed by atoms with Crippen molar-refractivity contribution in [3.63, 3.8) is 0 Å². The van der Waals surface area contributed by atoms with E-state index >= 15 is 0 Å². The number of amides is 2. The molecule has 30 heavy (non-hydrogen) atoms. The van der Waals surface area contributed by atoms with Crippen molar-refractivity contribution in [1.82, 2.24) is 4.90 Å². The molecule has 2 aromatic carbocycles. The second kappa shape index (κ2) is 9.23. The van der Waals surface area contributed by atoms with Gasteiger partial charge in [0.05, 0.1) is 24.7 Å². The number of halogens is 1. The number of nitrogens with zero attached hydrogens (tertiary/aromatic N) is 3. The van der Waals surface area contributed by atoms with Gasteiger partial charge in [0.1, 0.15) is 11.5 Å². The molecule has 6 nitrogen and oxygen atoms in total. The van der Waals surface area contributed by atoms with Crippen LogP contribution in [0.5, 0.6) is 0 Å². The number of thioether (sulfide) groups is 1. The molecular formula is C22H20FN3O3S. The highest BCUT2D eigenvalue weighted by atomic mass is 32.2. The molecule has 0 radical (unpaired) electrons. The van der Waals surface area contributed by atoms with Gasteiger partial charge in [-0.15, -0.1) is 0 Å². The summed E-state index contributed by atoms with van der Waals surface area (Å²) >= 11 is 1.20. The Morgan fingerprint density at radius 3 is 2.50 bits per heavy atom. The van der Waals surface area contributed by atoms with Gasteiger partial charge in [0, 0.05) is 13.1 Å². The Labute approximate surface area is 178 Å². The highest BCUT2D eigenvalue weighted by Crippen LogP contribution is 2.29. The van der Waals surface area contributed by atoms with Crippen molar-refractivity contribution < 1.29 is 18.7 Å². The molecule has 0 spiro atoms. The van der Waals surface area contributed by atoms with Gasteiger partial charge in [0.15, 0.2) is 5.17 Å². The fourth-order valence-corrected chi connectivity index (χ4v) is 4.06. The lowest BCUT2D eigenvalue weighted by atomic mass is 10.2. The van der Waals surface area contributed by atoms with E-state index < -0.39 is 0 Å². The van der Waals surface area contributed by atoms with E-state index in [1.807, 2.05) is 30.3 Å². The first-order valence-electron chi connectivity index (χ1n) is 9.55. The van der Waals surface area contributed by atoms with Crippen LogP contribution in [-0.2, 0) is 14.3 Å². The number of morpholine rings is 1. The summed E-state index contributed by atoms with van der Waals surface area (Å²) in [5.41, 5.74) is 1.62. The molecule has 4 rings (SSSR count). The first kappa shape index (κ1) is 20.3. The third-order valence-corrected chi connectivity index (χ3v) is 5.63. The predicted octanol–water partition coefficient (Wildman–Crippen LogP) is 3.16. The molecule has 2 aliphatic rings. The molecule has 2 aromatic rings. The number of aliphatic imine (C=N–C) groups is 1. The third-order valence-electron chi connectivity index (χ3n) is 4.71. The number of hydrogen-bond donors (Lipinski definition) is 0. The topological polar surface area (TPSA) is 62.2 Å². The van der Waals surface area contributed by atoms with Crippen molar-refractivity contribution in [2.24, 2.45) is 4.99 Å². The van der Waals surface area contributed by atoms with Crippen molar-refractivity contribution in [2.45, 2.75) is 0 Å². The Morgan fingerprint density at radius 2 is 1.80 bits per heavy atom. The van der Waals surface area contributed by atoms with E-state index in [9.17, 15) is 14.0 Å². The van der Waals surface area contributed by atoms with Crippen molar-refractivity contribution in [1.29, 1.82) is 0 Å². The minimum Gasteiger partial charge on any atom is -0.378 e. The molecule has 0 atom stereocenters. The fourth-order valence-electron chi connectivity index (χ4n) is 3.15. The smallest absolute Gasteiger partial charge is 0.283 e. The Bertz CT molecular complexity index is 986. The number of carbonyl (C=O) groups is 2. The van der Waals surface area contributed by atoms with Crippen LogP contribution in [0.25, 0.3) is 6.08 Å². The quantitative estimate of drug-likeness (QED) is 0.706. The van der Waals surface area contributed by atoms with Crippen molar-refractivity contribution in [2.75, 3.05) is 37.0 Å². The standard InChI is InChI=1S/C22H20FN3O3S/c23-17-6-8-18(9-7-17)26-21(28)19(14-16-4-2-1-3-5-16)24-22(26)30-15-20(27)25-10-12-29-13-11-25/h1-9,14H,10-13,15H2. The van der Waals surface area contributed by atoms with Gasteiger partial charge in [0.2, 0.25) is 5.91 Å². The van der Waals surface area contributed by atoms with E-state index in [-0.39, 0.29) is 29.1 Å². The number of benzene rings is 2. The Kier molecular flexibility index (Phi) is 6.25. The van der Waals surface area contributed by atoms with E-state index in [0.717, 1.165) is 5.56 Å². The zero-order chi connectivity index (χ0) is 20.9. The normalized spacial score (nSPS) is 18.1. The van der Waals surface area contributed by atoms with Crippen molar-refractivity contribution in [3.05, 3.63) is 71.7 Å². The van der Waals surface area contributed by atoms with Crippen LogP contribution in [0.1, 0.15) is 5.56 Å². The van der Waals surface area contributed by atoms with Crippen LogP contribution in [0.2, 0.25) is 0 Å². The maximum Gasteiger partial charge on any atom is 0.283 e. The van der Waals surface area contributed by atoms with Gasteiger partial charge in [-0.3, -0.25) is 14.5 Å². The Hall–Kier alpha value is -2.97. The van der Waals surface area contributed by atoms with E-state index in [4.69, 9.17) is 4.74 Å². The lowest BCUT2D eigenvalue weighted by Crippen LogP contribution is -2.42. The number of rotatable bonds is 4. The molecule has 0 N–H and O–H groups in total. The van der Waals surface area contributed by atoms with Gasteiger partial charge in [-0.1, -0.05) is 42.1 Å². The average Bonchev–Trinajstić information content (AvgIpc) is 3.09. The second-order valence-electron chi connectivity index (χ2n) is 6.73. The molecule has 0 aromatic heterocycles. The van der Waals surface area contributed by atoms with Gasteiger partial charge in [-0.05, 0) is 35.9 Å². The molecule has 154 valence electrons. The molecule has 8 heteroatoms. The maximum atomic E-state index is 13.4. The summed E-state index contributed by atoms with van der Waals surface area (Å²) in [7, 11) is 0. The summed E-state index contributed by atoms with van der Waals surface area (Å²) in [5.74, 6) is -0.577. The number of hydrogen-bond acceptors (Lipinski definition) is 5. The monoisotopic (exact) mass is 425 g/mol. The summed E-state index contributed by atoms with van der Waals surface area (Å²) in [4.78, 5) is 33.3. The second-order valence-corrected chi connectivity index (χ2v) is 7.68. The zero-order valence-electron chi connectivity index (χ0n) is 16.2. The predicted molar refractivity (Wildman–Crippen MR) is 116 cm³/mol. The zero-order valence-corrected chi connectivity index (χ0v) is 17.0. The first-order chi connectivity index (χ1) is 14.6. The Balaban J connectivity index is 1.58. The van der Waals surface area contributed by atoms with Crippen LogP contribution in [0, 0.1) is 5.82 Å². The average molecular weight is 425 g/mol. The summed E-state index contributed by atoms with van der Waals surface area (Å²) < 4.78 is 18.7. The van der Waals surface area contributed by atoms with Crippen LogP contribution in [0.15, 0.2) is 65.3 Å². The Morgan fingerprint density at radius 1 is 1.10 bits per heavy atom. The number of ether oxygens (including phenoxy) is 1. The van der Waals surface area contributed by atoms with Crippen molar-refractivity contribution in [3.8, 4) is 0 Å². The molecule has 0 saturated carbocycles. The minimum atomic E-state index is -0.390. The van der Waals surface area contributed by atoms with Crippen LogP contribution in [0.3, 0.4) is 0 Å². The molecule has 0 aliphatic carbocycles. The summed E-state index contributed by atoms with van der Waals surface area (Å²) in [6.07, 6.45) is 1.70. The van der Waals surface area contributed by atoms with Crippen LogP contribution < -0.4 is 4.90 Å². The first-order valence-corrected chi connectivity index (χ1v) is 10.5. The third kappa shape index (κ3) is 4.60. The van der Waals surface area contributed by atoms with Crippen LogP contribution >= 0.6 is 11.8 Å². The molecule has 2 heterocycles. The molecule has 2 amide bonds. The molecular weight excluding hydrogens is 405 g/mol. The van der Waals surface area contributed by atoms with Gasteiger partial charge < -0.3 is 9.64 Å². The van der Waals surface area contributed by atoms with E-state index in [1.54, 1.807) is 11.0 Å². The van der Waals surface area contributed by atoms with E-state index in [1.165, 1.54) is 40.9 Å². The van der Waals surface area contributed by atoms with E-state index in [0.29, 0.717) is 37.2 Å². The highest BCUT2D eigenvalue weighted by molar-refractivity contribution is 8.14. The molecule has 0 bridgehead atoms. The van der Waals surface area contributed by atoms with Crippen LogP contribution in [-0.4, -0.2) is 53.9 Å². The lowest BCUT2D eigenvalue weighted by Gasteiger charge is -2.27. The molecule has 1 saturated heterocycles. The largest absolute Gasteiger partial charge is 0.378 e. The molecule has 0 unspecified atom stereocenters. The number of anilines is 1. The molecule has 1 fully saturated rings.